The van der Waals surface area contributed by atoms with E-state index >= 15 is 0 Å². The summed E-state index contributed by atoms with van der Waals surface area (Å²) in [6, 6.07) is 17.9. The SMILES string of the molecule is C=CCn1c(-c2ccccc2)c(C(=O)CCl)c2ccccc21. The Bertz CT molecular complexity index is 833. The number of carbonyl (C=O) groups excluding carboxylic acids is 1. The van der Waals surface area contributed by atoms with Crippen molar-refractivity contribution in [1.29, 1.82) is 0 Å². The van der Waals surface area contributed by atoms with Gasteiger partial charge in [0.2, 0.25) is 0 Å². The van der Waals surface area contributed by atoms with E-state index in [0.717, 1.165) is 22.2 Å². The van der Waals surface area contributed by atoms with Crippen LogP contribution in [0.2, 0.25) is 0 Å². The second kappa shape index (κ2) is 6.20. The largest absolute Gasteiger partial charge is 0.336 e. The molecule has 0 amide bonds. The van der Waals surface area contributed by atoms with Crippen LogP contribution in [0.5, 0.6) is 0 Å². The number of rotatable bonds is 5. The average Bonchev–Trinajstić information content (AvgIpc) is 2.90. The first-order valence-electron chi connectivity index (χ1n) is 7.14. The van der Waals surface area contributed by atoms with E-state index in [2.05, 4.69) is 11.1 Å². The molecular weight excluding hydrogens is 294 g/mol. The molecule has 3 aromatic rings. The second-order valence-corrected chi connectivity index (χ2v) is 5.33. The molecule has 0 aliphatic rings. The van der Waals surface area contributed by atoms with E-state index in [1.54, 1.807) is 0 Å². The van der Waals surface area contributed by atoms with Crippen molar-refractivity contribution in [1.82, 2.24) is 4.57 Å². The average molecular weight is 310 g/mol. The van der Waals surface area contributed by atoms with Gasteiger partial charge in [0.1, 0.15) is 0 Å². The zero-order valence-corrected chi connectivity index (χ0v) is 12.9. The zero-order valence-electron chi connectivity index (χ0n) is 12.1. The minimum atomic E-state index is -0.0560. The Labute approximate surface area is 134 Å². The molecule has 0 spiro atoms. The first-order chi connectivity index (χ1) is 10.8. The fourth-order valence-electron chi connectivity index (χ4n) is 2.87. The summed E-state index contributed by atoms with van der Waals surface area (Å²) in [5.41, 5.74) is 3.63. The third kappa shape index (κ3) is 2.36. The summed E-state index contributed by atoms with van der Waals surface area (Å²) in [5, 5.41) is 0.939. The molecule has 0 fully saturated rings. The second-order valence-electron chi connectivity index (χ2n) is 5.06. The standard InChI is InChI=1S/C19H16ClNO/c1-2-12-21-16-11-7-6-10-15(16)18(17(22)13-20)19(21)14-8-4-3-5-9-14/h2-11H,1,12-13H2. The number of allylic oxidation sites excluding steroid dienone is 1. The number of ketones is 1. The van der Waals surface area contributed by atoms with Crippen LogP contribution in [0.25, 0.3) is 22.2 Å². The van der Waals surface area contributed by atoms with E-state index < -0.39 is 0 Å². The van der Waals surface area contributed by atoms with Crippen LogP contribution in [0, 0.1) is 0 Å². The summed E-state index contributed by atoms with van der Waals surface area (Å²) in [4.78, 5) is 12.5. The van der Waals surface area contributed by atoms with Crippen LogP contribution in [0.1, 0.15) is 10.4 Å². The lowest BCUT2D eigenvalue weighted by Crippen LogP contribution is -2.04. The van der Waals surface area contributed by atoms with Crippen molar-refractivity contribution in [2.45, 2.75) is 6.54 Å². The van der Waals surface area contributed by atoms with Gasteiger partial charge in [-0.25, -0.2) is 0 Å². The number of Topliss-reactive ketones (excluding diaryl/α,β-unsaturated/α-hetero) is 1. The Morgan fingerprint density at radius 2 is 1.77 bits per heavy atom. The summed E-state index contributed by atoms with van der Waals surface area (Å²) in [7, 11) is 0. The highest BCUT2D eigenvalue weighted by Crippen LogP contribution is 2.34. The van der Waals surface area contributed by atoms with Gasteiger partial charge in [-0.2, -0.15) is 0 Å². The highest BCUT2D eigenvalue weighted by atomic mass is 35.5. The monoisotopic (exact) mass is 309 g/mol. The number of hydrogen-bond donors (Lipinski definition) is 0. The Hall–Kier alpha value is -2.32. The molecule has 1 aromatic heterocycles. The van der Waals surface area contributed by atoms with Gasteiger partial charge in [0.15, 0.2) is 5.78 Å². The summed E-state index contributed by atoms with van der Waals surface area (Å²) < 4.78 is 2.12. The number of aromatic nitrogens is 1. The summed E-state index contributed by atoms with van der Waals surface area (Å²) >= 11 is 5.85. The molecule has 0 saturated heterocycles. The quantitative estimate of drug-likeness (QED) is 0.372. The highest BCUT2D eigenvalue weighted by Gasteiger charge is 2.22. The molecule has 0 saturated carbocycles. The Kier molecular flexibility index (Phi) is 4.12. The highest BCUT2D eigenvalue weighted by molar-refractivity contribution is 6.33. The van der Waals surface area contributed by atoms with Crippen molar-refractivity contribution >= 4 is 28.3 Å². The molecule has 0 N–H and O–H groups in total. The van der Waals surface area contributed by atoms with Gasteiger partial charge in [-0.15, -0.1) is 18.2 Å². The molecule has 3 heteroatoms. The summed E-state index contributed by atoms with van der Waals surface area (Å²) in [5.74, 6) is -0.0819. The third-order valence-electron chi connectivity index (χ3n) is 3.73. The molecule has 0 aliphatic carbocycles. The molecule has 0 atom stereocenters. The van der Waals surface area contributed by atoms with E-state index in [1.807, 2.05) is 60.7 Å². The van der Waals surface area contributed by atoms with Crippen molar-refractivity contribution < 1.29 is 4.79 Å². The van der Waals surface area contributed by atoms with Gasteiger partial charge in [-0.3, -0.25) is 4.79 Å². The molecule has 1 heterocycles. The number of fused-ring (bicyclic) bond motifs is 1. The van der Waals surface area contributed by atoms with Gasteiger partial charge in [0.25, 0.3) is 0 Å². The fraction of sp³-hybridized carbons (Fsp3) is 0.105. The lowest BCUT2D eigenvalue weighted by molar-refractivity contribution is 0.102. The molecule has 2 aromatic carbocycles. The van der Waals surface area contributed by atoms with Crippen LogP contribution in [0.15, 0.2) is 67.3 Å². The van der Waals surface area contributed by atoms with Gasteiger partial charge in [-0.05, 0) is 11.6 Å². The molecule has 0 unspecified atom stereocenters. The first kappa shape index (κ1) is 14.6. The van der Waals surface area contributed by atoms with Gasteiger partial charge in [-0.1, -0.05) is 54.6 Å². The van der Waals surface area contributed by atoms with Gasteiger partial charge in [0.05, 0.1) is 17.1 Å². The molecular formula is C19H16ClNO. The van der Waals surface area contributed by atoms with Crippen molar-refractivity contribution in [3.63, 3.8) is 0 Å². The number of benzene rings is 2. The number of halogens is 1. The number of carbonyl (C=O) groups is 1. The van der Waals surface area contributed by atoms with Crippen LogP contribution in [0.3, 0.4) is 0 Å². The van der Waals surface area contributed by atoms with Crippen molar-refractivity contribution in [2.24, 2.45) is 0 Å². The van der Waals surface area contributed by atoms with E-state index in [9.17, 15) is 4.79 Å². The molecule has 22 heavy (non-hydrogen) atoms. The van der Waals surface area contributed by atoms with Crippen LogP contribution < -0.4 is 0 Å². The van der Waals surface area contributed by atoms with E-state index in [0.29, 0.717) is 12.1 Å². The first-order valence-corrected chi connectivity index (χ1v) is 7.68. The maximum absolute atomic E-state index is 12.5. The van der Waals surface area contributed by atoms with Crippen LogP contribution in [0.4, 0.5) is 0 Å². The molecule has 0 aliphatic heterocycles. The lowest BCUT2D eigenvalue weighted by Gasteiger charge is -2.10. The van der Waals surface area contributed by atoms with Gasteiger partial charge in [0, 0.05) is 17.4 Å². The number of nitrogens with zero attached hydrogens (tertiary/aromatic N) is 1. The molecule has 3 rings (SSSR count). The number of hydrogen-bond acceptors (Lipinski definition) is 1. The van der Waals surface area contributed by atoms with Crippen LogP contribution >= 0.6 is 11.6 Å². The van der Waals surface area contributed by atoms with E-state index in [-0.39, 0.29) is 11.7 Å². The maximum Gasteiger partial charge on any atom is 0.180 e. The lowest BCUT2D eigenvalue weighted by atomic mass is 10.0. The Balaban J connectivity index is 2.43. The summed E-state index contributed by atoms with van der Waals surface area (Å²) in [6.45, 7) is 4.48. The summed E-state index contributed by atoms with van der Waals surface area (Å²) in [6.07, 6.45) is 1.84. The molecule has 0 bridgehead atoms. The number of alkyl halides is 1. The normalized spacial score (nSPS) is 10.8. The minimum Gasteiger partial charge on any atom is -0.336 e. The molecule has 2 nitrogen and oxygen atoms in total. The Morgan fingerprint density at radius 3 is 2.45 bits per heavy atom. The van der Waals surface area contributed by atoms with E-state index in [4.69, 9.17) is 11.6 Å². The van der Waals surface area contributed by atoms with Crippen molar-refractivity contribution in [3.8, 4) is 11.3 Å². The Morgan fingerprint density at radius 1 is 1.09 bits per heavy atom. The molecule has 0 radical (unpaired) electrons. The molecule has 110 valence electrons. The topological polar surface area (TPSA) is 22.0 Å². The van der Waals surface area contributed by atoms with Gasteiger partial charge < -0.3 is 4.57 Å². The van der Waals surface area contributed by atoms with Gasteiger partial charge >= 0.3 is 0 Å². The third-order valence-corrected chi connectivity index (χ3v) is 3.97. The zero-order chi connectivity index (χ0) is 15.5. The van der Waals surface area contributed by atoms with E-state index in [1.165, 1.54) is 0 Å². The number of para-hydroxylation sites is 1. The van der Waals surface area contributed by atoms with Crippen molar-refractivity contribution in [2.75, 3.05) is 5.88 Å². The predicted octanol–water partition coefficient (Wildman–Crippen LogP) is 4.92. The van der Waals surface area contributed by atoms with Crippen LogP contribution in [-0.2, 0) is 6.54 Å². The van der Waals surface area contributed by atoms with Crippen LogP contribution in [-0.4, -0.2) is 16.2 Å². The fourth-order valence-corrected chi connectivity index (χ4v) is 3.00. The smallest absolute Gasteiger partial charge is 0.180 e. The minimum absolute atomic E-state index is 0.0259. The van der Waals surface area contributed by atoms with Crippen molar-refractivity contribution in [3.05, 3.63) is 72.8 Å². The maximum atomic E-state index is 12.5. The predicted molar refractivity (Wildman–Crippen MR) is 92.6 cm³/mol.